The Morgan fingerprint density at radius 3 is 2.74 bits per heavy atom. The maximum absolute atomic E-state index is 6.53. The molecular weight excluding hydrogens is 348 g/mol. The molecule has 0 saturated heterocycles. The molecule has 2 aromatic rings. The number of halogens is 2. The summed E-state index contributed by atoms with van der Waals surface area (Å²) in [6.07, 6.45) is 0. The maximum atomic E-state index is 6.53. The molecule has 0 bridgehead atoms. The highest BCUT2D eigenvalue weighted by Crippen LogP contribution is 2.40. The van der Waals surface area contributed by atoms with Crippen molar-refractivity contribution in [2.75, 3.05) is 13.7 Å². The smallest absolute Gasteiger partial charge is 0.134 e. The van der Waals surface area contributed by atoms with Crippen LogP contribution in [0.2, 0.25) is 0 Å². The molecule has 0 N–H and O–H groups in total. The molecule has 102 valence electrons. The summed E-state index contributed by atoms with van der Waals surface area (Å²) in [5.41, 5.74) is 1.01. The van der Waals surface area contributed by atoms with Crippen LogP contribution in [0.25, 0.3) is 0 Å². The highest BCUT2D eigenvalue weighted by Gasteiger charge is 2.18. The molecule has 19 heavy (non-hydrogen) atoms. The molecule has 1 aromatic heterocycles. The van der Waals surface area contributed by atoms with Crippen LogP contribution in [0.3, 0.4) is 0 Å². The number of hydrogen-bond donors (Lipinski definition) is 0. The molecule has 1 unspecified atom stereocenters. The Bertz CT molecular complexity index is 556. The van der Waals surface area contributed by atoms with Crippen molar-refractivity contribution >= 4 is 38.9 Å². The van der Waals surface area contributed by atoms with Gasteiger partial charge in [0.25, 0.3) is 0 Å². The number of rotatable bonds is 5. The zero-order valence-electron chi connectivity index (χ0n) is 10.7. The standard InChI is InChI=1S/C14H14BrClO2S/c1-3-18-11-5-4-9(8-10(11)15)13(16)14-12(17-2)6-7-19-14/h4-8,13H,3H2,1-2H3. The molecule has 1 atom stereocenters. The van der Waals surface area contributed by atoms with Gasteiger partial charge in [0, 0.05) is 0 Å². The summed E-state index contributed by atoms with van der Waals surface area (Å²) in [5.74, 6) is 1.66. The van der Waals surface area contributed by atoms with E-state index in [0.717, 1.165) is 26.4 Å². The summed E-state index contributed by atoms with van der Waals surface area (Å²) in [4.78, 5) is 1.01. The van der Waals surface area contributed by atoms with Crippen molar-refractivity contribution in [2.45, 2.75) is 12.3 Å². The molecule has 1 heterocycles. The lowest BCUT2D eigenvalue weighted by atomic mass is 10.1. The largest absolute Gasteiger partial charge is 0.496 e. The van der Waals surface area contributed by atoms with E-state index in [4.69, 9.17) is 21.1 Å². The normalized spacial score (nSPS) is 12.2. The topological polar surface area (TPSA) is 18.5 Å². The number of hydrogen-bond acceptors (Lipinski definition) is 3. The van der Waals surface area contributed by atoms with Crippen LogP contribution in [0.1, 0.15) is 22.7 Å². The van der Waals surface area contributed by atoms with Crippen molar-refractivity contribution in [3.8, 4) is 11.5 Å². The zero-order valence-corrected chi connectivity index (χ0v) is 13.8. The SMILES string of the molecule is CCOc1ccc(C(Cl)c2sccc2OC)cc1Br. The molecule has 0 fully saturated rings. The second-order valence-corrected chi connectivity index (χ2v) is 6.08. The first kappa shape index (κ1) is 14.7. The van der Waals surface area contributed by atoms with Crippen LogP contribution < -0.4 is 9.47 Å². The van der Waals surface area contributed by atoms with Gasteiger partial charge in [0.2, 0.25) is 0 Å². The fourth-order valence-electron chi connectivity index (χ4n) is 1.76. The van der Waals surface area contributed by atoms with Gasteiger partial charge in [-0.25, -0.2) is 0 Å². The van der Waals surface area contributed by atoms with Crippen LogP contribution in [-0.2, 0) is 0 Å². The third-order valence-corrected chi connectivity index (χ3v) is 4.84. The van der Waals surface area contributed by atoms with Gasteiger partial charge in [-0.15, -0.1) is 22.9 Å². The Labute approximate surface area is 130 Å². The first-order chi connectivity index (χ1) is 9.17. The van der Waals surface area contributed by atoms with Gasteiger partial charge in [0.15, 0.2) is 0 Å². The summed E-state index contributed by atoms with van der Waals surface area (Å²) in [6.45, 7) is 2.60. The summed E-state index contributed by atoms with van der Waals surface area (Å²) < 4.78 is 11.7. The van der Waals surface area contributed by atoms with E-state index in [2.05, 4.69) is 15.9 Å². The van der Waals surface area contributed by atoms with Gasteiger partial charge < -0.3 is 9.47 Å². The lowest BCUT2D eigenvalue weighted by molar-refractivity contribution is 0.338. The van der Waals surface area contributed by atoms with Crippen molar-refractivity contribution in [3.63, 3.8) is 0 Å². The van der Waals surface area contributed by atoms with E-state index in [0.29, 0.717) is 6.61 Å². The van der Waals surface area contributed by atoms with Crippen molar-refractivity contribution in [1.82, 2.24) is 0 Å². The number of thiophene rings is 1. The fraction of sp³-hybridized carbons (Fsp3) is 0.286. The highest BCUT2D eigenvalue weighted by atomic mass is 79.9. The average molecular weight is 362 g/mol. The van der Waals surface area contributed by atoms with E-state index in [9.17, 15) is 0 Å². The van der Waals surface area contributed by atoms with Gasteiger partial charge in [-0.2, -0.15) is 0 Å². The lowest BCUT2D eigenvalue weighted by Gasteiger charge is -2.12. The van der Waals surface area contributed by atoms with Crippen LogP contribution in [0.4, 0.5) is 0 Å². The van der Waals surface area contributed by atoms with Crippen molar-refractivity contribution in [3.05, 3.63) is 44.6 Å². The number of benzene rings is 1. The van der Waals surface area contributed by atoms with Crippen LogP contribution in [-0.4, -0.2) is 13.7 Å². The van der Waals surface area contributed by atoms with Gasteiger partial charge in [-0.3, -0.25) is 0 Å². The van der Waals surface area contributed by atoms with E-state index in [1.54, 1.807) is 18.4 Å². The van der Waals surface area contributed by atoms with Gasteiger partial charge in [0.1, 0.15) is 11.5 Å². The molecule has 0 aliphatic carbocycles. The third kappa shape index (κ3) is 3.25. The minimum Gasteiger partial charge on any atom is -0.496 e. The Kier molecular flexibility index (Phi) is 5.13. The first-order valence-corrected chi connectivity index (χ1v) is 7.96. The minimum absolute atomic E-state index is 0.220. The maximum Gasteiger partial charge on any atom is 0.134 e. The molecule has 0 saturated carbocycles. The molecule has 0 spiro atoms. The van der Waals surface area contributed by atoms with Crippen molar-refractivity contribution in [2.24, 2.45) is 0 Å². The Hall–Kier alpha value is -0.710. The van der Waals surface area contributed by atoms with Crippen molar-refractivity contribution < 1.29 is 9.47 Å². The molecular formula is C14H14BrClO2S. The van der Waals surface area contributed by atoms with Gasteiger partial charge >= 0.3 is 0 Å². The quantitative estimate of drug-likeness (QED) is 0.677. The van der Waals surface area contributed by atoms with Crippen LogP contribution in [0.5, 0.6) is 11.5 Å². The van der Waals surface area contributed by atoms with E-state index >= 15 is 0 Å². The predicted molar refractivity (Wildman–Crippen MR) is 83.9 cm³/mol. The summed E-state index contributed by atoms with van der Waals surface area (Å²) >= 11 is 11.6. The third-order valence-electron chi connectivity index (χ3n) is 2.66. The Morgan fingerprint density at radius 1 is 1.32 bits per heavy atom. The van der Waals surface area contributed by atoms with Crippen LogP contribution in [0, 0.1) is 0 Å². The zero-order chi connectivity index (χ0) is 13.8. The number of ether oxygens (including phenoxy) is 2. The Balaban J connectivity index is 2.29. The number of methoxy groups -OCH3 is 1. The first-order valence-electron chi connectivity index (χ1n) is 5.85. The summed E-state index contributed by atoms with van der Waals surface area (Å²) in [7, 11) is 1.66. The molecule has 1 aromatic carbocycles. The molecule has 0 amide bonds. The minimum atomic E-state index is -0.220. The molecule has 5 heteroatoms. The van der Waals surface area contributed by atoms with E-state index in [1.807, 2.05) is 36.6 Å². The Morgan fingerprint density at radius 2 is 2.11 bits per heavy atom. The van der Waals surface area contributed by atoms with E-state index in [1.165, 1.54) is 0 Å². The van der Waals surface area contributed by atoms with E-state index < -0.39 is 0 Å². The molecule has 0 aliphatic heterocycles. The lowest BCUT2D eigenvalue weighted by Crippen LogP contribution is -1.96. The molecule has 2 rings (SSSR count). The average Bonchev–Trinajstić information content (AvgIpc) is 2.88. The monoisotopic (exact) mass is 360 g/mol. The summed E-state index contributed by atoms with van der Waals surface area (Å²) in [6, 6.07) is 7.83. The second kappa shape index (κ2) is 6.64. The van der Waals surface area contributed by atoms with Gasteiger partial charge in [0.05, 0.1) is 28.4 Å². The van der Waals surface area contributed by atoms with Gasteiger partial charge in [-0.1, -0.05) is 6.07 Å². The highest BCUT2D eigenvalue weighted by molar-refractivity contribution is 9.10. The summed E-state index contributed by atoms with van der Waals surface area (Å²) in [5, 5.41) is 1.76. The molecule has 0 radical (unpaired) electrons. The van der Waals surface area contributed by atoms with Crippen molar-refractivity contribution in [1.29, 1.82) is 0 Å². The van der Waals surface area contributed by atoms with Gasteiger partial charge in [-0.05, 0) is 52.0 Å². The van der Waals surface area contributed by atoms with E-state index in [-0.39, 0.29) is 5.38 Å². The molecule has 0 aliphatic rings. The fourth-order valence-corrected chi connectivity index (χ4v) is 3.53. The molecule has 2 nitrogen and oxygen atoms in total. The van der Waals surface area contributed by atoms with Crippen LogP contribution >= 0.6 is 38.9 Å². The number of alkyl halides is 1. The predicted octanol–water partition coefficient (Wildman–Crippen LogP) is 5.25. The van der Waals surface area contributed by atoms with Crippen LogP contribution in [0.15, 0.2) is 34.1 Å². The second-order valence-electron chi connectivity index (χ2n) is 3.84.